The van der Waals surface area contributed by atoms with Gasteiger partial charge in [0.05, 0.1) is 12.3 Å². The number of nitrogens with zero attached hydrogens (tertiary/aromatic N) is 3. The Labute approximate surface area is 144 Å². The van der Waals surface area contributed by atoms with Crippen molar-refractivity contribution in [2.75, 3.05) is 19.7 Å². The Kier molecular flexibility index (Phi) is 5.82. The minimum Gasteiger partial charge on any atom is -0.377 e. The number of hydrogen-bond acceptors (Lipinski definition) is 4. The Morgan fingerprint density at radius 3 is 2.62 bits per heavy atom. The van der Waals surface area contributed by atoms with Crippen molar-refractivity contribution >= 4 is 5.91 Å². The highest BCUT2D eigenvalue weighted by Crippen LogP contribution is 2.32. The van der Waals surface area contributed by atoms with Crippen molar-refractivity contribution in [3.8, 4) is 0 Å². The molecular formula is C19H29N3O2. The average molecular weight is 331 g/mol. The SMILES string of the molecule is CCOCc1cnc(C)nc1C1CCN(C(=O)C2CCCC2)CC1. The number of carbonyl (C=O) groups is 1. The molecule has 1 aliphatic heterocycles. The smallest absolute Gasteiger partial charge is 0.225 e. The summed E-state index contributed by atoms with van der Waals surface area (Å²) in [7, 11) is 0. The predicted molar refractivity (Wildman–Crippen MR) is 92.6 cm³/mol. The molecule has 1 amide bonds. The van der Waals surface area contributed by atoms with Crippen LogP contribution in [0.5, 0.6) is 0 Å². The number of rotatable bonds is 5. The number of amides is 1. The Bertz CT molecular complexity index is 562. The van der Waals surface area contributed by atoms with Crippen molar-refractivity contribution in [1.82, 2.24) is 14.9 Å². The fourth-order valence-corrected chi connectivity index (χ4v) is 3.99. The van der Waals surface area contributed by atoms with Gasteiger partial charge >= 0.3 is 0 Å². The van der Waals surface area contributed by atoms with Gasteiger partial charge in [-0.25, -0.2) is 9.97 Å². The minimum atomic E-state index is 0.288. The van der Waals surface area contributed by atoms with Crippen molar-refractivity contribution < 1.29 is 9.53 Å². The quantitative estimate of drug-likeness (QED) is 0.831. The van der Waals surface area contributed by atoms with E-state index in [-0.39, 0.29) is 5.92 Å². The van der Waals surface area contributed by atoms with Gasteiger partial charge in [-0.3, -0.25) is 4.79 Å². The van der Waals surface area contributed by atoms with Crippen LogP contribution in [0, 0.1) is 12.8 Å². The van der Waals surface area contributed by atoms with Crippen molar-refractivity contribution in [3.63, 3.8) is 0 Å². The molecule has 24 heavy (non-hydrogen) atoms. The van der Waals surface area contributed by atoms with E-state index in [2.05, 4.69) is 9.88 Å². The van der Waals surface area contributed by atoms with Gasteiger partial charge in [0.15, 0.2) is 0 Å². The maximum Gasteiger partial charge on any atom is 0.225 e. The lowest BCUT2D eigenvalue weighted by Crippen LogP contribution is -2.41. The zero-order valence-corrected chi connectivity index (χ0v) is 15.0. The first-order valence-electron chi connectivity index (χ1n) is 9.38. The van der Waals surface area contributed by atoms with Crippen LogP contribution < -0.4 is 0 Å². The molecule has 0 spiro atoms. The molecule has 5 nitrogen and oxygen atoms in total. The van der Waals surface area contributed by atoms with Gasteiger partial charge < -0.3 is 9.64 Å². The van der Waals surface area contributed by atoms with Crippen LogP contribution in [0.25, 0.3) is 0 Å². The highest BCUT2D eigenvalue weighted by Gasteiger charge is 2.31. The Hall–Kier alpha value is -1.49. The summed E-state index contributed by atoms with van der Waals surface area (Å²) < 4.78 is 5.57. The van der Waals surface area contributed by atoms with Crippen LogP contribution in [0.15, 0.2) is 6.20 Å². The lowest BCUT2D eigenvalue weighted by molar-refractivity contribution is -0.136. The van der Waals surface area contributed by atoms with Gasteiger partial charge in [0.2, 0.25) is 5.91 Å². The molecule has 0 atom stereocenters. The summed E-state index contributed by atoms with van der Waals surface area (Å²) in [4.78, 5) is 23.7. The van der Waals surface area contributed by atoms with Crippen LogP contribution in [0.4, 0.5) is 0 Å². The number of aromatic nitrogens is 2. The summed E-state index contributed by atoms with van der Waals surface area (Å²) in [6, 6.07) is 0. The van der Waals surface area contributed by atoms with Gasteiger partial charge in [-0.2, -0.15) is 0 Å². The van der Waals surface area contributed by atoms with Crippen molar-refractivity contribution in [2.24, 2.45) is 5.92 Å². The van der Waals surface area contributed by atoms with E-state index in [0.29, 0.717) is 25.0 Å². The molecule has 3 rings (SSSR count). The van der Waals surface area contributed by atoms with E-state index in [1.54, 1.807) is 0 Å². The summed E-state index contributed by atoms with van der Waals surface area (Å²) in [6.45, 7) is 6.93. The average Bonchev–Trinajstić information content (AvgIpc) is 3.15. The van der Waals surface area contributed by atoms with E-state index < -0.39 is 0 Å². The first kappa shape index (κ1) is 17.3. The molecule has 0 N–H and O–H groups in total. The van der Waals surface area contributed by atoms with E-state index in [9.17, 15) is 4.79 Å². The number of aryl methyl sites for hydroxylation is 1. The van der Waals surface area contributed by atoms with Gasteiger partial charge in [-0.15, -0.1) is 0 Å². The highest BCUT2D eigenvalue weighted by molar-refractivity contribution is 5.79. The summed E-state index contributed by atoms with van der Waals surface area (Å²) in [6.07, 6.45) is 8.50. The van der Waals surface area contributed by atoms with Gasteiger partial charge in [0.1, 0.15) is 5.82 Å². The molecule has 1 aliphatic carbocycles. The normalized spacial score (nSPS) is 19.8. The van der Waals surface area contributed by atoms with Gasteiger partial charge in [0.25, 0.3) is 0 Å². The lowest BCUT2D eigenvalue weighted by Gasteiger charge is -2.34. The van der Waals surface area contributed by atoms with Crippen molar-refractivity contribution in [2.45, 2.75) is 64.9 Å². The van der Waals surface area contributed by atoms with Crippen LogP contribution in [0.2, 0.25) is 0 Å². The zero-order valence-electron chi connectivity index (χ0n) is 15.0. The monoisotopic (exact) mass is 331 g/mol. The Balaban J connectivity index is 1.63. The van der Waals surface area contributed by atoms with Crippen LogP contribution >= 0.6 is 0 Å². The number of ether oxygens (including phenoxy) is 1. The van der Waals surface area contributed by atoms with Crippen LogP contribution in [-0.4, -0.2) is 40.5 Å². The second-order valence-corrected chi connectivity index (χ2v) is 7.05. The topological polar surface area (TPSA) is 55.3 Å². The fourth-order valence-electron chi connectivity index (χ4n) is 3.99. The molecule has 2 heterocycles. The summed E-state index contributed by atoms with van der Waals surface area (Å²) in [5, 5.41) is 0. The molecule has 2 fully saturated rings. The number of piperidine rings is 1. The third-order valence-electron chi connectivity index (χ3n) is 5.38. The molecule has 1 aromatic rings. The molecule has 2 aliphatic rings. The fraction of sp³-hybridized carbons (Fsp3) is 0.737. The third-order valence-corrected chi connectivity index (χ3v) is 5.38. The molecule has 0 aromatic carbocycles. The summed E-state index contributed by atoms with van der Waals surface area (Å²) in [5.41, 5.74) is 2.23. The van der Waals surface area contributed by atoms with E-state index in [1.165, 1.54) is 12.8 Å². The molecule has 0 unspecified atom stereocenters. The van der Waals surface area contributed by atoms with Crippen LogP contribution in [-0.2, 0) is 16.1 Å². The largest absolute Gasteiger partial charge is 0.377 e. The second-order valence-electron chi connectivity index (χ2n) is 7.05. The molecule has 1 aromatic heterocycles. The predicted octanol–water partition coefficient (Wildman–Crippen LogP) is 3.22. The minimum absolute atomic E-state index is 0.288. The second kappa shape index (κ2) is 8.06. The Morgan fingerprint density at radius 1 is 1.25 bits per heavy atom. The van der Waals surface area contributed by atoms with Crippen molar-refractivity contribution in [1.29, 1.82) is 0 Å². The van der Waals surface area contributed by atoms with E-state index in [0.717, 1.165) is 55.9 Å². The lowest BCUT2D eigenvalue weighted by atomic mass is 9.90. The molecule has 0 radical (unpaired) electrons. The molecule has 0 bridgehead atoms. The van der Waals surface area contributed by atoms with Gasteiger partial charge in [0, 0.05) is 43.3 Å². The van der Waals surface area contributed by atoms with Crippen LogP contribution in [0.3, 0.4) is 0 Å². The third kappa shape index (κ3) is 3.94. The molecule has 5 heteroatoms. The first-order valence-corrected chi connectivity index (χ1v) is 9.38. The number of likely N-dealkylation sites (tertiary alicyclic amines) is 1. The number of carbonyl (C=O) groups excluding carboxylic acids is 1. The summed E-state index contributed by atoms with van der Waals surface area (Å²) >= 11 is 0. The summed E-state index contributed by atoms with van der Waals surface area (Å²) in [5.74, 6) is 1.90. The van der Waals surface area contributed by atoms with Gasteiger partial charge in [-0.1, -0.05) is 12.8 Å². The van der Waals surface area contributed by atoms with E-state index in [4.69, 9.17) is 9.72 Å². The maximum atomic E-state index is 12.6. The first-order chi connectivity index (χ1) is 11.7. The Morgan fingerprint density at radius 2 is 1.96 bits per heavy atom. The van der Waals surface area contributed by atoms with Crippen LogP contribution in [0.1, 0.15) is 68.4 Å². The molecule has 132 valence electrons. The maximum absolute atomic E-state index is 12.6. The molecule has 1 saturated carbocycles. The molecular weight excluding hydrogens is 302 g/mol. The van der Waals surface area contributed by atoms with Crippen molar-refractivity contribution in [3.05, 3.63) is 23.3 Å². The standard InChI is InChI=1S/C19H29N3O2/c1-3-24-13-17-12-20-14(2)21-18(17)15-8-10-22(11-9-15)19(23)16-6-4-5-7-16/h12,15-16H,3-11,13H2,1-2H3. The molecule has 1 saturated heterocycles. The van der Waals surface area contributed by atoms with E-state index in [1.807, 2.05) is 20.0 Å². The highest BCUT2D eigenvalue weighted by atomic mass is 16.5. The number of hydrogen-bond donors (Lipinski definition) is 0. The van der Waals surface area contributed by atoms with Gasteiger partial charge in [-0.05, 0) is 39.5 Å². The zero-order chi connectivity index (χ0) is 16.9. The van der Waals surface area contributed by atoms with E-state index >= 15 is 0 Å².